The number of nitrogen functional groups attached to an aromatic ring is 1. The van der Waals surface area contributed by atoms with Crippen LogP contribution in [0.4, 0.5) is 11.6 Å². The Labute approximate surface area is 134 Å². The van der Waals surface area contributed by atoms with Crippen molar-refractivity contribution in [3.8, 4) is 0 Å². The Hall–Kier alpha value is -2.89. The molecule has 0 saturated heterocycles. The average molecular weight is 308 g/mol. The summed E-state index contributed by atoms with van der Waals surface area (Å²) in [5, 5.41) is 13.0. The van der Waals surface area contributed by atoms with Crippen LogP contribution in [0.15, 0.2) is 36.7 Å². The Kier molecular flexibility index (Phi) is 3.73. The van der Waals surface area contributed by atoms with E-state index in [1.165, 1.54) is 6.33 Å². The van der Waals surface area contributed by atoms with Crippen LogP contribution >= 0.6 is 0 Å². The van der Waals surface area contributed by atoms with Crippen molar-refractivity contribution in [2.24, 2.45) is 7.05 Å². The lowest BCUT2D eigenvalue weighted by molar-refractivity contribution is 0.885. The Bertz CT molecular complexity index is 878. The van der Waals surface area contributed by atoms with Crippen molar-refractivity contribution >= 4 is 28.3 Å². The molecular formula is C17H20N6. The second kappa shape index (κ2) is 5.72. The first-order chi connectivity index (χ1) is 11.0. The average Bonchev–Trinajstić information content (AvgIpc) is 2.84. The molecular weight excluding hydrogens is 288 g/mol. The third-order valence-electron chi connectivity index (χ3n) is 3.76. The smallest absolute Gasteiger partial charge is 0.141 e. The van der Waals surface area contributed by atoms with Gasteiger partial charge in [-0.25, -0.2) is 9.97 Å². The third kappa shape index (κ3) is 2.63. The molecule has 0 aliphatic carbocycles. The zero-order valence-corrected chi connectivity index (χ0v) is 13.5. The maximum absolute atomic E-state index is 8.65. The standard InChI is InChI=1S/C17H20N6/c1-10(2)22-17-14(16(19)20-9-21-17)15(18)13-8-11-6-4-5-7-12(11)23(13)3/h4-10,18H,1-3H3,(H3,19,20,21,22). The highest BCUT2D eigenvalue weighted by molar-refractivity contribution is 6.17. The Morgan fingerprint density at radius 3 is 2.70 bits per heavy atom. The fourth-order valence-electron chi connectivity index (χ4n) is 2.69. The number of nitrogens with zero attached hydrogens (tertiary/aromatic N) is 3. The Morgan fingerprint density at radius 1 is 1.26 bits per heavy atom. The van der Waals surface area contributed by atoms with Crippen LogP contribution in [0, 0.1) is 5.41 Å². The number of anilines is 2. The normalized spacial score (nSPS) is 11.1. The minimum atomic E-state index is 0.184. The van der Waals surface area contributed by atoms with Crippen molar-refractivity contribution in [3.05, 3.63) is 47.9 Å². The molecule has 0 atom stereocenters. The first-order valence-corrected chi connectivity index (χ1v) is 7.49. The van der Waals surface area contributed by atoms with Gasteiger partial charge in [-0.15, -0.1) is 0 Å². The molecule has 0 unspecified atom stereocenters. The van der Waals surface area contributed by atoms with Gasteiger partial charge in [0.05, 0.1) is 17.0 Å². The van der Waals surface area contributed by atoms with E-state index < -0.39 is 0 Å². The maximum Gasteiger partial charge on any atom is 0.141 e. The van der Waals surface area contributed by atoms with E-state index in [-0.39, 0.29) is 6.04 Å². The number of benzene rings is 1. The van der Waals surface area contributed by atoms with Gasteiger partial charge in [0, 0.05) is 24.0 Å². The molecule has 6 heteroatoms. The lowest BCUT2D eigenvalue weighted by atomic mass is 10.1. The van der Waals surface area contributed by atoms with E-state index in [0.29, 0.717) is 22.9 Å². The fraction of sp³-hybridized carbons (Fsp3) is 0.235. The second-order valence-corrected chi connectivity index (χ2v) is 5.80. The van der Waals surface area contributed by atoms with Crippen molar-refractivity contribution in [1.29, 1.82) is 5.41 Å². The highest BCUT2D eigenvalue weighted by Crippen LogP contribution is 2.25. The highest BCUT2D eigenvalue weighted by Gasteiger charge is 2.19. The monoisotopic (exact) mass is 308 g/mol. The predicted molar refractivity (Wildman–Crippen MR) is 94.1 cm³/mol. The van der Waals surface area contributed by atoms with Crippen LogP contribution in [0.1, 0.15) is 25.1 Å². The van der Waals surface area contributed by atoms with E-state index in [1.54, 1.807) is 0 Å². The fourth-order valence-corrected chi connectivity index (χ4v) is 2.69. The molecule has 3 aromatic rings. The molecule has 0 spiro atoms. The summed E-state index contributed by atoms with van der Waals surface area (Å²) in [5.74, 6) is 0.890. The van der Waals surface area contributed by atoms with Crippen molar-refractivity contribution in [2.45, 2.75) is 19.9 Å². The van der Waals surface area contributed by atoms with Crippen molar-refractivity contribution in [1.82, 2.24) is 14.5 Å². The first-order valence-electron chi connectivity index (χ1n) is 7.49. The summed E-state index contributed by atoms with van der Waals surface area (Å²) in [6.07, 6.45) is 1.42. The second-order valence-electron chi connectivity index (χ2n) is 5.80. The summed E-state index contributed by atoms with van der Waals surface area (Å²) in [4.78, 5) is 8.31. The zero-order chi connectivity index (χ0) is 16.6. The van der Waals surface area contributed by atoms with Crippen LogP contribution in [0.5, 0.6) is 0 Å². The number of hydrogen-bond donors (Lipinski definition) is 3. The van der Waals surface area contributed by atoms with Crippen molar-refractivity contribution < 1.29 is 0 Å². The summed E-state index contributed by atoms with van der Waals surface area (Å²) in [5.41, 5.74) is 8.73. The summed E-state index contributed by atoms with van der Waals surface area (Å²) in [6.45, 7) is 4.03. The molecule has 3 rings (SSSR count). The molecule has 0 bridgehead atoms. The van der Waals surface area contributed by atoms with Gasteiger partial charge in [0.2, 0.25) is 0 Å². The van der Waals surface area contributed by atoms with E-state index in [2.05, 4.69) is 15.3 Å². The molecule has 0 aliphatic heterocycles. The topological polar surface area (TPSA) is 92.6 Å². The molecule has 23 heavy (non-hydrogen) atoms. The molecule has 0 fully saturated rings. The Morgan fingerprint density at radius 2 is 2.00 bits per heavy atom. The summed E-state index contributed by atoms with van der Waals surface area (Å²) >= 11 is 0. The van der Waals surface area contributed by atoms with Crippen molar-refractivity contribution in [2.75, 3.05) is 11.1 Å². The minimum absolute atomic E-state index is 0.184. The molecule has 4 N–H and O–H groups in total. The number of hydrogen-bond acceptors (Lipinski definition) is 5. The van der Waals surface area contributed by atoms with Gasteiger partial charge in [-0.05, 0) is 26.0 Å². The van der Waals surface area contributed by atoms with Crippen LogP contribution in [-0.2, 0) is 7.05 Å². The third-order valence-corrected chi connectivity index (χ3v) is 3.76. The van der Waals surface area contributed by atoms with Gasteiger partial charge in [0.1, 0.15) is 18.0 Å². The van der Waals surface area contributed by atoms with Gasteiger partial charge in [-0.3, -0.25) is 5.41 Å². The molecule has 0 amide bonds. The number of fused-ring (bicyclic) bond motifs is 1. The number of aromatic nitrogens is 3. The zero-order valence-electron chi connectivity index (χ0n) is 13.5. The summed E-state index contributed by atoms with van der Waals surface area (Å²) in [7, 11) is 1.95. The van der Waals surface area contributed by atoms with Crippen LogP contribution in [0.2, 0.25) is 0 Å². The highest BCUT2D eigenvalue weighted by atomic mass is 15.1. The molecule has 0 saturated carbocycles. The van der Waals surface area contributed by atoms with Gasteiger partial charge in [-0.2, -0.15) is 0 Å². The van der Waals surface area contributed by atoms with Gasteiger partial charge in [-0.1, -0.05) is 18.2 Å². The van der Waals surface area contributed by atoms with Gasteiger partial charge in [0.15, 0.2) is 0 Å². The molecule has 6 nitrogen and oxygen atoms in total. The summed E-state index contributed by atoms with van der Waals surface area (Å²) in [6, 6.07) is 10.2. The quantitative estimate of drug-likeness (QED) is 0.646. The predicted octanol–water partition coefficient (Wildman–Crippen LogP) is 2.79. The number of aryl methyl sites for hydroxylation is 1. The number of nitrogens with one attached hydrogen (secondary N) is 2. The van der Waals surface area contributed by atoms with Crippen LogP contribution in [-0.4, -0.2) is 26.3 Å². The molecule has 2 heterocycles. The van der Waals surface area contributed by atoms with E-state index in [0.717, 1.165) is 16.6 Å². The molecule has 1 aromatic carbocycles. The van der Waals surface area contributed by atoms with Crippen LogP contribution in [0.25, 0.3) is 10.9 Å². The van der Waals surface area contributed by atoms with E-state index in [9.17, 15) is 0 Å². The molecule has 2 aromatic heterocycles. The van der Waals surface area contributed by atoms with Crippen LogP contribution in [0.3, 0.4) is 0 Å². The minimum Gasteiger partial charge on any atom is -0.383 e. The van der Waals surface area contributed by atoms with E-state index >= 15 is 0 Å². The Balaban J connectivity index is 2.14. The van der Waals surface area contributed by atoms with E-state index in [1.807, 2.05) is 55.8 Å². The van der Waals surface area contributed by atoms with Gasteiger partial charge < -0.3 is 15.6 Å². The lowest BCUT2D eigenvalue weighted by Gasteiger charge is -2.15. The van der Waals surface area contributed by atoms with E-state index in [4.69, 9.17) is 11.1 Å². The molecule has 0 radical (unpaired) electrons. The van der Waals surface area contributed by atoms with Gasteiger partial charge >= 0.3 is 0 Å². The maximum atomic E-state index is 8.65. The molecule has 118 valence electrons. The SMILES string of the molecule is CC(C)Nc1ncnc(N)c1C(=N)c1cc2ccccc2n1C. The number of rotatable bonds is 4. The van der Waals surface area contributed by atoms with Gasteiger partial charge in [0.25, 0.3) is 0 Å². The van der Waals surface area contributed by atoms with Crippen molar-refractivity contribution in [3.63, 3.8) is 0 Å². The molecule has 0 aliphatic rings. The first kappa shape index (κ1) is 15.0. The largest absolute Gasteiger partial charge is 0.383 e. The number of nitrogens with two attached hydrogens (primary N) is 1. The number of para-hydroxylation sites is 1. The lowest BCUT2D eigenvalue weighted by Crippen LogP contribution is -2.19. The summed E-state index contributed by atoms with van der Waals surface area (Å²) < 4.78 is 1.99. The van der Waals surface area contributed by atoms with Crippen LogP contribution < -0.4 is 11.1 Å².